The van der Waals surface area contributed by atoms with Gasteiger partial charge < -0.3 is 19.7 Å². The molecule has 124 valence electrons. The second-order valence-electron chi connectivity index (χ2n) is 4.93. The van der Waals surface area contributed by atoms with Gasteiger partial charge in [0.1, 0.15) is 5.75 Å². The number of carbonyl (C=O) groups excluding carboxylic acids is 1. The summed E-state index contributed by atoms with van der Waals surface area (Å²) in [6, 6.07) is 9.24. The van der Waals surface area contributed by atoms with Gasteiger partial charge in [0.15, 0.2) is 0 Å². The third-order valence-corrected chi connectivity index (χ3v) is 3.95. The van der Waals surface area contributed by atoms with E-state index in [4.69, 9.17) is 9.47 Å². The van der Waals surface area contributed by atoms with Gasteiger partial charge in [-0.25, -0.2) is 4.79 Å². The molecule has 0 radical (unpaired) electrons. The highest BCUT2D eigenvalue weighted by atomic mass is 32.1. The molecule has 0 atom stereocenters. The third-order valence-electron chi connectivity index (χ3n) is 3.22. The maximum Gasteiger partial charge on any atom is 0.322 e. The summed E-state index contributed by atoms with van der Waals surface area (Å²) >= 11 is 1.62. The van der Waals surface area contributed by atoms with Gasteiger partial charge in [0, 0.05) is 25.9 Å². The van der Waals surface area contributed by atoms with E-state index in [1.54, 1.807) is 23.3 Å². The number of hydrogen-bond acceptors (Lipinski definition) is 4. The molecule has 2 rings (SSSR count). The zero-order chi connectivity index (χ0) is 16.5. The smallest absolute Gasteiger partial charge is 0.322 e. The van der Waals surface area contributed by atoms with E-state index in [0.717, 1.165) is 17.0 Å². The maximum absolute atomic E-state index is 12.5. The lowest BCUT2D eigenvalue weighted by molar-refractivity contribution is 0.153. The zero-order valence-electron chi connectivity index (χ0n) is 13.5. The minimum Gasteiger partial charge on any atom is -0.494 e. The van der Waals surface area contributed by atoms with E-state index in [1.807, 2.05) is 48.0 Å². The number of thiophene rings is 1. The monoisotopic (exact) mass is 334 g/mol. The molecule has 1 aromatic heterocycles. The van der Waals surface area contributed by atoms with Crippen LogP contribution in [-0.4, -0.2) is 37.8 Å². The Kier molecular flexibility index (Phi) is 6.90. The SMILES string of the molecule is CCOc1ccc(NC(=O)N(CCOC)Cc2ccsc2)cc1. The molecule has 23 heavy (non-hydrogen) atoms. The first-order chi connectivity index (χ1) is 11.2. The van der Waals surface area contributed by atoms with Crippen LogP contribution in [0.25, 0.3) is 0 Å². The van der Waals surface area contributed by atoms with Crippen molar-refractivity contribution in [2.24, 2.45) is 0 Å². The van der Waals surface area contributed by atoms with Gasteiger partial charge in [-0.3, -0.25) is 0 Å². The van der Waals surface area contributed by atoms with Crippen LogP contribution < -0.4 is 10.1 Å². The summed E-state index contributed by atoms with van der Waals surface area (Å²) in [5, 5.41) is 6.97. The van der Waals surface area contributed by atoms with E-state index in [0.29, 0.717) is 26.3 Å². The van der Waals surface area contributed by atoms with Crippen LogP contribution >= 0.6 is 11.3 Å². The average Bonchev–Trinajstić information content (AvgIpc) is 3.06. The highest BCUT2D eigenvalue weighted by Crippen LogP contribution is 2.17. The molecule has 0 aliphatic carbocycles. The summed E-state index contributed by atoms with van der Waals surface area (Å²) < 4.78 is 10.5. The van der Waals surface area contributed by atoms with E-state index in [1.165, 1.54) is 0 Å². The number of ether oxygens (including phenoxy) is 2. The van der Waals surface area contributed by atoms with E-state index in [-0.39, 0.29) is 6.03 Å². The molecule has 2 amide bonds. The van der Waals surface area contributed by atoms with Crippen LogP contribution in [0, 0.1) is 0 Å². The Morgan fingerprint density at radius 3 is 2.65 bits per heavy atom. The molecule has 0 saturated heterocycles. The third kappa shape index (κ3) is 5.58. The molecular weight excluding hydrogens is 312 g/mol. The first kappa shape index (κ1) is 17.3. The van der Waals surface area contributed by atoms with Crippen LogP contribution in [0.4, 0.5) is 10.5 Å². The van der Waals surface area contributed by atoms with Crippen molar-refractivity contribution in [3.63, 3.8) is 0 Å². The number of nitrogens with one attached hydrogen (secondary N) is 1. The molecule has 1 heterocycles. The molecular formula is C17H22N2O3S. The Bertz CT molecular complexity index is 584. The summed E-state index contributed by atoms with van der Waals surface area (Å²) in [4.78, 5) is 14.2. The summed E-state index contributed by atoms with van der Waals surface area (Å²) in [6.07, 6.45) is 0. The Labute approximate surface area is 140 Å². The van der Waals surface area contributed by atoms with Crippen LogP contribution in [-0.2, 0) is 11.3 Å². The number of urea groups is 1. The molecule has 1 N–H and O–H groups in total. The quantitative estimate of drug-likeness (QED) is 0.798. The zero-order valence-corrected chi connectivity index (χ0v) is 14.3. The van der Waals surface area contributed by atoms with Crippen molar-refractivity contribution in [2.75, 3.05) is 32.2 Å². The Hall–Kier alpha value is -2.05. The standard InChI is InChI=1S/C17H22N2O3S/c1-3-22-16-6-4-15(5-7-16)18-17(20)19(9-10-21-2)12-14-8-11-23-13-14/h4-8,11,13H,3,9-10,12H2,1-2H3,(H,18,20). The van der Waals surface area contributed by atoms with Gasteiger partial charge in [0.05, 0.1) is 13.2 Å². The summed E-state index contributed by atoms with van der Waals surface area (Å²) in [6.45, 7) is 4.16. The van der Waals surface area contributed by atoms with Crippen molar-refractivity contribution in [3.05, 3.63) is 46.7 Å². The van der Waals surface area contributed by atoms with Crippen LogP contribution in [0.1, 0.15) is 12.5 Å². The Morgan fingerprint density at radius 1 is 1.26 bits per heavy atom. The summed E-state index contributed by atoms with van der Waals surface area (Å²) in [5.74, 6) is 0.792. The van der Waals surface area contributed by atoms with Gasteiger partial charge in [-0.2, -0.15) is 11.3 Å². The van der Waals surface area contributed by atoms with E-state index >= 15 is 0 Å². The molecule has 5 nitrogen and oxygen atoms in total. The van der Waals surface area contributed by atoms with Crippen LogP contribution in [0.5, 0.6) is 5.75 Å². The highest BCUT2D eigenvalue weighted by molar-refractivity contribution is 7.07. The van der Waals surface area contributed by atoms with E-state index in [9.17, 15) is 4.79 Å². The van der Waals surface area contributed by atoms with Gasteiger partial charge in [0.2, 0.25) is 0 Å². The lowest BCUT2D eigenvalue weighted by Crippen LogP contribution is -2.36. The van der Waals surface area contributed by atoms with Crippen molar-refractivity contribution in [1.82, 2.24) is 4.90 Å². The molecule has 0 aliphatic heterocycles. The van der Waals surface area contributed by atoms with Crippen LogP contribution in [0.2, 0.25) is 0 Å². The number of nitrogens with zero attached hydrogens (tertiary/aromatic N) is 1. The van der Waals surface area contributed by atoms with Crippen molar-refractivity contribution < 1.29 is 14.3 Å². The first-order valence-corrected chi connectivity index (χ1v) is 8.46. The molecule has 1 aromatic carbocycles. The van der Waals surface area contributed by atoms with Crippen molar-refractivity contribution >= 4 is 23.1 Å². The Morgan fingerprint density at radius 2 is 2.04 bits per heavy atom. The van der Waals surface area contributed by atoms with E-state index < -0.39 is 0 Å². The number of rotatable bonds is 8. The molecule has 0 aliphatic rings. The van der Waals surface area contributed by atoms with Gasteiger partial charge >= 0.3 is 6.03 Å². The first-order valence-electron chi connectivity index (χ1n) is 7.51. The second kappa shape index (κ2) is 9.17. The minimum atomic E-state index is -0.141. The predicted molar refractivity (Wildman–Crippen MR) is 93.2 cm³/mol. The molecule has 0 fully saturated rings. The number of benzene rings is 1. The van der Waals surface area contributed by atoms with Gasteiger partial charge in [-0.05, 0) is 53.6 Å². The molecule has 2 aromatic rings. The van der Waals surface area contributed by atoms with Gasteiger partial charge in [-0.1, -0.05) is 0 Å². The molecule has 0 spiro atoms. The summed E-state index contributed by atoms with van der Waals surface area (Å²) in [5.41, 5.74) is 1.86. The molecule has 0 unspecified atom stereocenters. The number of amides is 2. The number of anilines is 1. The molecule has 0 bridgehead atoms. The van der Waals surface area contributed by atoms with Gasteiger partial charge in [0.25, 0.3) is 0 Å². The summed E-state index contributed by atoms with van der Waals surface area (Å²) in [7, 11) is 1.63. The number of carbonyl (C=O) groups is 1. The number of methoxy groups -OCH3 is 1. The molecule has 6 heteroatoms. The lowest BCUT2D eigenvalue weighted by atomic mass is 10.3. The topological polar surface area (TPSA) is 50.8 Å². The highest BCUT2D eigenvalue weighted by Gasteiger charge is 2.14. The van der Waals surface area contributed by atoms with Gasteiger partial charge in [-0.15, -0.1) is 0 Å². The largest absolute Gasteiger partial charge is 0.494 e. The van der Waals surface area contributed by atoms with Crippen molar-refractivity contribution in [2.45, 2.75) is 13.5 Å². The minimum absolute atomic E-state index is 0.141. The van der Waals surface area contributed by atoms with Crippen LogP contribution in [0.15, 0.2) is 41.1 Å². The Balaban J connectivity index is 1.98. The van der Waals surface area contributed by atoms with E-state index in [2.05, 4.69) is 5.32 Å². The van der Waals surface area contributed by atoms with Crippen LogP contribution in [0.3, 0.4) is 0 Å². The lowest BCUT2D eigenvalue weighted by Gasteiger charge is -2.22. The molecule has 0 saturated carbocycles. The average molecular weight is 334 g/mol. The maximum atomic E-state index is 12.5. The second-order valence-corrected chi connectivity index (χ2v) is 5.71. The fourth-order valence-electron chi connectivity index (χ4n) is 2.06. The predicted octanol–water partition coefficient (Wildman–Crippen LogP) is 3.83. The fraction of sp³-hybridized carbons (Fsp3) is 0.353. The fourth-order valence-corrected chi connectivity index (χ4v) is 2.72. The normalized spacial score (nSPS) is 10.3. The van der Waals surface area contributed by atoms with Crippen molar-refractivity contribution in [1.29, 1.82) is 0 Å². The number of hydrogen-bond donors (Lipinski definition) is 1. The van der Waals surface area contributed by atoms with Crippen molar-refractivity contribution in [3.8, 4) is 5.75 Å².